The van der Waals surface area contributed by atoms with Crippen molar-refractivity contribution in [1.82, 2.24) is 0 Å². The van der Waals surface area contributed by atoms with Crippen LogP contribution in [0.4, 0.5) is 0 Å². The number of aliphatic hydroxyl groups excluding tert-OH is 1. The highest BCUT2D eigenvalue weighted by Gasteiger charge is 2.20. The van der Waals surface area contributed by atoms with Crippen LogP contribution in [0, 0.1) is 0 Å². The Morgan fingerprint density at radius 1 is 1.32 bits per heavy atom. The van der Waals surface area contributed by atoms with Gasteiger partial charge < -0.3 is 23.8 Å². The highest BCUT2D eigenvalue weighted by atomic mass is 16.5. The van der Waals surface area contributed by atoms with E-state index in [4.69, 9.17) is 13.6 Å². The smallest absolute Gasteiger partial charge is 0.336 e. The van der Waals surface area contributed by atoms with Crippen molar-refractivity contribution in [3.05, 3.63) is 47.0 Å². The fourth-order valence-electron chi connectivity index (χ4n) is 2.15. The Kier molecular flexibility index (Phi) is 3.38. The number of fused-ring (bicyclic) bond motifs is 2. The number of benzene rings is 1. The molecule has 114 valence electrons. The number of rotatable bonds is 4. The van der Waals surface area contributed by atoms with E-state index < -0.39 is 11.7 Å². The predicted octanol–water partition coefficient (Wildman–Crippen LogP) is 2.56. The molecule has 6 nitrogen and oxygen atoms in total. The summed E-state index contributed by atoms with van der Waals surface area (Å²) in [6.07, 6.45) is 0.560. The number of phenolic OH excluding ortho intramolecular Hbond substituents is 1. The second kappa shape index (κ2) is 5.23. The molecule has 0 aliphatic rings. The van der Waals surface area contributed by atoms with E-state index in [1.807, 2.05) is 0 Å². The third-order valence-electron chi connectivity index (χ3n) is 3.37. The van der Waals surface area contributed by atoms with Crippen LogP contribution in [0.1, 0.15) is 6.92 Å². The number of furan rings is 1. The van der Waals surface area contributed by atoms with Gasteiger partial charge in [0.2, 0.25) is 5.75 Å². The van der Waals surface area contributed by atoms with Crippen LogP contribution in [-0.4, -0.2) is 22.9 Å². The first kappa shape index (κ1) is 14.2. The Morgan fingerprint density at radius 2 is 2.05 bits per heavy atom. The zero-order valence-electron chi connectivity index (χ0n) is 11.8. The molecular formula is C16H14O6. The molecule has 0 fully saturated rings. The maximum absolute atomic E-state index is 11.4. The van der Waals surface area contributed by atoms with Crippen LogP contribution in [0.3, 0.4) is 0 Å². The largest absolute Gasteiger partial charge is 0.502 e. The molecule has 0 saturated heterocycles. The minimum Gasteiger partial charge on any atom is -0.502 e. The first-order valence-electron chi connectivity index (χ1n) is 6.61. The van der Waals surface area contributed by atoms with Gasteiger partial charge in [0.1, 0.15) is 18.5 Å². The van der Waals surface area contributed by atoms with Crippen molar-refractivity contribution in [3.63, 3.8) is 0 Å². The molecule has 0 aliphatic carbocycles. The number of hydrogen-bond acceptors (Lipinski definition) is 6. The first-order chi connectivity index (χ1) is 10.5. The Morgan fingerprint density at radius 3 is 2.77 bits per heavy atom. The molecule has 2 heterocycles. The van der Waals surface area contributed by atoms with Gasteiger partial charge in [-0.15, -0.1) is 0 Å². The summed E-state index contributed by atoms with van der Waals surface area (Å²) >= 11 is 0. The number of ether oxygens (including phenoxy) is 1. The number of phenols is 1. The van der Waals surface area contributed by atoms with Crippen molar-refractivity contribution in [2.45, 2.75) is 13.0 Å². The third-order valence-corrected chi connectivity index (χ3v) is 3.37. The van der Waals surface area contributed by atoms with E-state index in [9.17, 15) is 15.0 Å². The SMILES string of the molecule is C=C(C)C(O)COc1c2ccoc2c(O)c2oc(=O)ccc12. The van der Waals surface area contributed by atoms with Crippen molar-refractivity contribution in [1.29, 1.82) is 0 Å². The molecule has 0 amide bonds. The van der Waals surface area contributed by atoms with Crippen molar-refractivity contribution >= 4 is 21.9 Å². The zero-order valence-corrected chi connectivity index (χ0v) is 11.8. The molecule has 0 aliphatic heterocycles. The quantitative estimate of drug-likeness (QED) is 0.568. The van der Waals surface area contributed by atoms with Gasteiger partial charge in [0.25, 0.3) is 0 Å². The number of hydrogen-bond donors (Lipinski definition) is 2. The first-order valence-corrected chi connectivity index (χ1v) is 6.61. The summed E-state index contributed by atoms with van der Waals surface area (Å²) in [5.74, 6) is 0.0982. The molecule has 2 aromatic heterocycles. The lowest BCUT2D eigenvalue weighted by Gasteiger charge is -2.14. The molecule has 3 rings (SSSR count). The minimum atomic E-state index is -0.832. The summed E-state index contributed by atoms with van der Waals surface area (Å²) < 4.78 is 15.9. The third kappa shape index (κ3) is 2.23. The van der Waals surface area contributed by atoms with Gasteiger partial charge in [-0.1, -0.05) is 6.58 Å². The summed E-state index contributed by atoms with van der Waals surface area (Å²) in [7, 11) is 0. The predicted molar refractivity (Wildman–Crippen MR) is 80.2 cm³/mol. The van der Waals surface area contributed by atoms with E-state index in [1.165, 1.54) is 18.4 Å². The summed E-state index contributed by atoms with van der Waals surface area (Å²) in [5, 5.41) is 20.9. The van der Waals surface area contributed by atoms with Crippen LogP contribution in [0.25, 0.3) is 21.9 Å². The van der Waals surface area contributed by atoms with Crippen molar-refractivity contribution in [2.75, 3.05) is 6.61 Å². The molecule has 6 heteroatoms. The van der Waals surface area contributed by atoms with Crippen LogP contribution in [0.5, 0.6) is 11.5 Å². The van der Waals surface area contributed by atoms with Gasteiger partial charge >= 0.3 is 5.63 Å². The molecule has 0 spiro atoms. The Bertz CT molecular complexity index is 917. The van der Waals surface area contributed by atoms with Crippen LogP contribution >= 0.6 is 0 Å². The van der Waals surface area contributed by atoms with E-state index >= 15 is 0 Å². The molecule has 0 saturated carbocycles. The van der Waals surface area contributed by atoms with Crippen LogP contribution in [0.2, 0.25) is 0 Å². The number of aromatic hydroxyl groups is 1. The average molecular weight is 302 g/mol. The van der Waals surface area contributed by atoms with E-state index in [2.05, 4.69) is 6.58 Å². The highest BCUT2D eigenvalue weighted by molar-refractivity contribution is 6.06. The van der Waals surface area contributed by atoms with E-state index in [0.29, 0.717) is 22.1 Å². The van der Waals surface area contributed by atoms with E-state index in [0.717, 1.165) is 0 Å². The van der Waals surface area contributed by atoms with Crippen molar-refractivity contribution in [3.8, 4) is 11.5 Å². The van der Waals surface area contributed by atoms with Crippen LogP contribution < -0.4 is 10.4 Å². The second-order valence-corrected chi connectivity index (χ2v) is 5.01. The summed E-state index contributed by atoms with van der Waals surface area (Å²) in [5.41, 5.74) is 0.108. The van der Waals surface area contributed by atoms with Gasteiger partial charge in [-0.2, -0.15) is 0 Å². The van der Waals surface area contributed by atoms with Gasteiger partial charge in [0, 0.05) is 6.07 Å². The van der Waals surface area contributed by atoms with Gasteiger partial charge in [-0.3, -0.25) is 0 Å². The maximum Gasteiger partial charge on any atom is 0.336 e. The molecule has 2 N–H and O–H groups in total. The molecule has 22 heavy (non-hydrogen) atoms. The second-order valence-electron chi connectivity index (χ2n) is 5.01. The molecule has 1 unspecified atom stereocenters. The lowest BCUT2D eigenvalue weighted by atomic mass is 10.1. The normalized spacial score (nSPS) is 12.6. The summed E-state index contributed by atoms with van der Waals surface area (Å²) in [6.45, 7) is 5.33. The molecule has 0 bridgehead atoms. The fourth-order valence-corrected chi connectivity index (χ4v) is 2.15. The maximum atomic E-state index is 11.4. The molecule has 1 atom stereocenters. The van der Waals surface area contributed by atoms with Crippen molar-refractivity contribution < 1.29 is 23.8 Å². The topological polar surface area (TPSA) is 93.0 Å². The molecular weight excluding hydrogens is 288 g/mol. The van der Waals surface area contributed by atoms with Gasteiger partial charge in [-0.05, 0) is 24.6 Å². The van der Waals surface area contributed by atoms with Gasteiger partial charge in [-0.25, -0.2) is 4.79 Å². The summed E-state index contributed by atoms with van der Waals surface area (Å²) in [6, 6.07) is 4.35. The molecule has 3 aromatic rings. The standard InChI is InChI=1S/C16H14O6/c1-8(2)11(17)7-21-14-9-3-4-12(18)22-16(9)13(19)15-10(14)5-6-20-15/h3-6,11,17,19H,1,7H2,2H3. The monoisotopic (exact) mass is 302 g/mol. The van der Waals surface area contributed by atoms with E-state index in [1.54, 1.807) is 13.0 Å². The average Bonchev–Trinajstić information content (AvgIpc) is 2.96. The molecule has 0 radical (unpaired) electrons. The highest BCUT2D eigenvalue weighted by Crippen LogP contribution is 2.42. The van der Waals surface area contributed by atoms with Crippen LogP contribution in [0.15, 0.2) is 50.2 Å². The Balaban J connectivity index is 2.21. The zero-order chi connectivity index (χ0) is 15.9. The lowest BCUT2D eigenvalue weighted by Crippen LogP contribution is -2.18. The van der Waals surface area contributed by atoms with Crippen molar-refractivity contribution in [2.24, 2.45) is 0 Å². The lowest BCUT2D eigenvalue weighted by molar-refractivity contribution is 0.137. The Labute approximate surface area is 124 Å². The number of aliphatic hydroxyl groups is 1. The van der Waals surface area contributed by atoms with E-state index in [-0.39, 0.29) is 23.5 Å². The van der Waals surface area contributed by atoms with Gasteiger partial charge in [0.05, 0.1) is 17.0 Å². The summed E-state index contributed by atoms with van der Waals surface area (Å²) in [4.78, 5) is 11.4. The fraction of sp³-hybridized carbons (Fsp3) is 0.188. The van der Waals surface area contributed by atoms with Gasteiger partial charge in [0.15, 0.2) is 11.2 Å². The minimum absolute atomic E-state index is 0.0187. The van der Waals surface area contributed by atoms with Crippen LogP contribution in [-0.2, 0) is 0 Å². The Hall–Kier alpha value is -2.73. The molecule has 1 aromatic carbocycles.